The van der Waals surface area contributed by atoms with Crippen molar-refractivity contribution in [1.29, 1.82) is 0 Å². The van der Waals surface area contributed by atoms with E-state index < -0.39 is 42.4 Å². The molecule has 0 atom stereocenters. The standard InChI is InChI=1S/C18H22N2O5/c1-4-18(2,3)19-14(21)11-25-16(23)10-20-15(22)9-12-7-5-6-8-13(12)17(20)24/h5-8H,4,9-11H2,1-3H3,(H,19,21). The molecule has 7 nitrogen and oxygen atoms in total. The molecule has 3 amide bonds. The van der Waals surface area contributed by atoms with E-state index in [0.29, 0.717) is 11.1 Å². The van der Waals surface area contributed by atoms with Crippen LogP contribution in [0.5, 0.6) is 0 Å². The first-order valence-electron chi connectivity index (χ1n) is 8.12. The molecule has 1 heterocycles. The van der Waals surface area contributed by atoms with E-state index in [9.17, 15) is 19.2 Å². The Hall–Kier alpha value is -2.70. The normalized spacial score (nSPS) is 14.1. The largest absolute Gasteiger partial charge is 0.454 e. The molecule has 0 spiro atoms. The third kappa shape index (κ3) is 4.65. The highest BCUT2D eigenvalue weighted by Gasteiger charge is 2.32. The van der Waals surface area contributed by atoms with Gasteiger partial charge in [0, 0.05) is 11.1 Å². The van der Waals surface area contributed by atoms with Crippen molar-refractivity contribution in [1.82, 2.24) is 10.2 Å². The van der Waals surface area contributed by atoms with Crippen LogP contribution in [-0.2, 0) is 25.5 Å². The number of imide groups is 1. The molecule has 25 heavy (non-hydrogen) atoms. The molecule has 0 fully saturated rings. The molecule has 2 rings (SSSR count). The monoisotopic (exact) mass is 346 g/mol. The van der Waals surface area contributed by atoms with Gasteiger partial charge in [0.2, 0.25) is 5.91 Å². The summed E-state index contributed by atoms with van der Waals surface area (Å²) in [5.74, 6) is -2.22. The Labute approximate surface area is 146 Å². The van der Waals surface area contributed by atoms with Gasteiger partial charge in [-0.15, -0.1) is 0 Å². The van der Waals surface area contributed by atoms with E-state index in [-0.39, 0.29) is 6.42 Å². The summed E-state index contributed by atoms with van der Waals surface area (Å²) in [6, 6.07) is 6.77. The summed E-state index contributed by atoms with van der Waals surface area (Å²) < 4.78 is 4.88. The van der Waals surface area contributed by atoms with Crippen LogP contribution in [0.15, 0.2) is 24.3 Å². The van der Waals surface area contributed by atoms with Crippen molar-refractivity contribution in [3.8, 4) is 0 Å². The lowest BCUT2D eigenvalue weighted by Crippen LogP contribution is -2.47. The Bertz CT molecular complexity index is 711. The molecule has 134 valence electrons. The fourth-order valence-corrected chi connectivity index (χ4v) is 2.38. The highest BCUT2D eigenvalue weighted by atomic mass is 16.5. The quantitative estimate of drug-likeness (QED) is 0.614. The number of carbonyl (C=O) groups is 4. The second kappa shape index (κ2) is 7.46. The van der Waals surface area contributed by atoms with E-state index in [2.05, 4.69) is 5.32 Å². The number of esters is 1. The summed E-state index contributed by atoms with van der Waals surface area (Å²) in [5.41, 5.74) is 0.645. The Morgan fingerprint density at radius 2 is 1.92 bits per heavy atom. The highest BCUT2D eigenvalue weighted by molar-refractivity contribution is 6.11. The van der Waals surface area contributed by atoms with Gasteiger partial charge in [0.1, 0.15) is 6.54 Å². The zero-order chi connectivity index (χ0) is 18.6. The van der Waals surface area contributed by atoms with Crippen molar-refractivity contribution >= 4 is 23.7 Å². The Morgan fingerprint density at radius 3 is 2.60 bits per heavy atom. The first-order chi connectivity index (χ1) is 11.7. The molecule has 7 heteroatoms. The Morgan fingerprint density at radius 1 is 1.24 bits per heavy atom. The Balaban J connectivity index is 1.92. The van der Waals surface area contributed by atoms with Gasteiger partial charge >= 0.3 is 5.97 Å². The van der Waals surface area contributed by atoms with Crippen LogP contribution in [-0.4, -0.2) is 47.3 Å². The fourth-order valence-electron chi connectivity index (χ4n) is 2.38. The molecule has 1 aliphatic heterocycles. The molecule has 0 saturated carbocycles. The number of rotatable bonds is 6. The van der Waals surface area contributed by atoms with Crippen LogP contribution in [0.1, 0.15) is 43.1 Å². The summed E-state index contributed by atoms with van der Waals surface area (Å²) in [7, 11) is 0. The Kier molecular flexibility index (Phi) is 5.56. The molecule has 1 aromatic rings. The number of nitrogens with zero attached hydrogens (tertiary/aromatic N) is 1. The molecule has 0 bridgehead atoms. The second-order valence-corrected chi connectivity index (χ2v) is 6.57. The SMILES string of the molecule is CCC(C)(C)NC(=O)COC(=O)CN1C(=O)Cc2ccccc2C1=O. The summed E-state index contributed by atoms with van der Waals surface area (Å²) in [5, 5.41) is 2.73. The molecule has 1 aromatic carbocycles. The second-order valence-electron chi connectivity index (χ2n) is 6.57. The molecule has 1 N–H and O–H groups in total. The maximum absolute atomic E-state index is 12.3. The molecule has 1 aliphatic rings. The number of hydrogen-bond acceptors (Lipinski definition) is 5. The third-order valence-electron chi connectivity index (χ3n) is 4.15. The minimum atomic E-state index is -0.800. The summed E-state index contributed by atoms with van der Waals surface area (Å²) in [4.78, 5) is 49.0. The van der Waals surface area contributed by atoms with Crippen LogP contribution in [0.25, 0.3) is 0 Å². The average molecular weight is 346 g/mol. The summed E-state index contributed by atoms with van der Waals surface area (Å²) in [6.45, 7) is 4.69. The third-order valence-corrected chi connectivity index (χ3v) is 4.15. The zero-order valence-electron chi connectivity index (χ0n) is 14.6. The van der Waals surface area contributed by atoms with Crippen LogP contribution in [0.3, 0.4) is 0 Å². The molecular weight excluding hydrogens is 324 g/mol. The maximum atomic E-state index is 12.3. The lowest BCUT2D eigenvalue weighted by molar-refractivity contribution is -0.151. The van der Waals surface area contributed by atoms with Gasteiger partial charge in [-0.25, -0.2) is 0 Å². The molecule has 0 aromatic heterocycles. The number of carbonyl (C=O) groups excluding carboxylic acids is 4. The van der Waals surface area contributed by atoms with Gasteiger partial charge in [0.15, 0.2) is 6.61 Å². The first kappa shape index (κ1) is 18.6. The number of ether oxygens (including phenoxy) is 1. The van der Waals surface area contributed by atoms with Crippen molar-refractivity contribution < 1.29 is 23.9 Å². The maximum Gasteiger partial charge on any atom is 0.326 e. The van der Waals surface area contributed by atoms with Gasteiger partial charge in [-0.05, 0) is 31.9 Å². The smallest absolute Gasteiger partial charge is 0.326 e. The van der Waals surface area contributed by atoms with E-state index >= 15 is 0 Å². The highest BCUT2D eigenvalue weighted by Crippen LogP contribution is 2.19. The van der Waals surface area contributed by atoms with E-state index in [4.69, 9.17) is 4.74 Å². The fraction of sp³-hybridized carbons (Fsp3) is 0.444. The molecule has 0 radical (unpaired) electrons. The van der Waals surface area contributed by atoms with Gasteiger partial charge in [-0.1, -0.05) is 25.1 Å². The van der Waals surface area contributed by atoms with Crippen LogP contribution < -0.4 is 5.32 Å². The van der Waals surface area contributed by atoms with Crippen molar-refractivity contribution in [2.24, 2.45) is 0 Å². The predicted octanol–water partition coefficient (Wildman–Crippen LogP) is 1.06. The van der Waals surface area contributed by atoms with Gasteiger partial charge in [0.25, 0.3) is 11.8 Å². The lowest BCUT2D eigenvalue weighted by Gasteiger charge is -2.26. The van der Waals surface area contributed by atoms with Crippen LogP contribution in [0, 0.1) is 0 Å². The molecule has 0 unspecified atom stereocenters. The predicted molar refractivity (Wildman–Crippen MR) is 89.7 cm³/mol. The van der Waals surface area contributed by atoms with Crippen molar-refractivity contribution in [2.45, 2.75) is 39.2 Å². The van der Waals surface area contributed by atoms with Crippen molar-refractivity contribution in [3.63, 3.8) is 0 Å². The zero-order valence-corrected chi connectivity index (χ0v) is 14.6. The number of benzene rings is 1. The topological polar surface area (TPSA) is 92.8 Å². The van der Waals surface area contributed by atoms with Crippen LogP contribution in [0.2, 0.25) is 0 Å². The minimum Gasteiger partial charge on any atom is -0.454 e. The van der Waals surface area contributed by atoms with Gasteiger partial charge < -0.3 is 10.1 Å². The van der Waals surface area contributed by atoms with Gasteiger partial charge in [-0.3, -0.25) is 24.1 Å². The van der Waals surface area contributed by atoms with Crippen molar-refractivity contribution in [3.05, 3.63) is 35.4 Å². The minimum absolute atomic E-state index is 0.0559. The van der Waals surface area contributed by atoms with Gasteiger partial charge in [-0.2, -0.15) is 0 Å². The number of nitrogens with one attached hydrogen (secondary N) is 1. The summed E-state index contributed by atoms with van der Waals surface area (Å²) >= 11 is 0. The summed E-state index contributed by atoms with van der Waals surface area (Å²) in [6.07, 6.45) is 0.781. The molecule has 0 aliphatic carbocycles. The lowest BCUT2D eigenvalue weighted by atomic mass is 9.98. The number of amides is 3. The van der Waals surface area contributed by atoms with E-state index in [1.54, 1.807) is 24.3 Å². The van der Waals surface area contributed by atoms with Crippen molar-refractivity contribution in [2.75, 3.05) is 13.2 Å². The van der Waals surface area contributed by atoms with E-state index in [0.717, 1.165) is 11.3 Å². The first-order valence-corrected chi connectivity index (χ1v) is 8.12. The van der Waals surface area contributed by atoms with Gasteiger partial charge in [0.05, 0.1) is 6.42 Å². The number of fused-ring (bicyclic) bond motifs is 1. The average Bonchev–Trinajstić information content (AvgIpc) is 2.56. The molecular formula is C18H22N2O5. The molecule has 0 saturated heterocycles. The van der Waals surface area contributed by atoms with Crippen LogP contribution in [0.4, 0.5) is 0 Å². The van der Waals surface area contributed by atoms with Crippen LogP contribution >= 0.6 is 0 Å². The van der Waals surface area contributed by atoms with E-state index in [1.807, 2.05) is 20.8 Å². The van der Waals surface area contributed by atoms with E-state index in [1.165, 1.54) is 0 Å². The number of hydrogen-bond donors (Lipinski definition) is 1.